The fourth-order valence-corrected chi connectivity index (χ4v) is 6.65. The second-order valence-corrected chi connectivity index (χ2v) is 10.5. The number of carbonyl (C=O) groups excluding carboxylic acids is 1. The zero-order valence-electron chi connectivity index (χ0n) is 16.8. The zero-order chi connectivity index (χ0) is 21.2. The van der Waals surface area contributed by atoms with Crippen LogP contribution in [-0.2, 0) is 32.3 Å². The Morgan fingerprint density at radius 2 is 2.07 bits per heavy atom. The van der Waals surface area contributed by atoms with Gasteiger partial charge >= 0.3 is 5.97 Å². The number of nitrogens with zero attached hydrogens (tertiary/aromatic N) is 1. The highest BCUT2D eigenvalue weighted by Gasteiger charge is 2.43. The number of aromatic nitrogens is 1. The van der Waals surface area contributed by atoms with E-state index in [1.807, 2.05) is 24.5 Å². The minimum atomic E-state index is -3.41. The van der Waals surface area contributed by atoms with Crippen LogP contribution >= 0.6 is 0 Å². The average molecular weight is 427 g/mol. The zero-order valence-corrected chi connectivity index (χ0v) is 17.6. The Hall–Kier alpha value is -2.67. The molecule has 5 rings (SSSR count). The number of hydrogen-bond acceptors (Lipinski definition) is 4. The third-order valence-electron chi connectivity index (χ3n) is 5.96. The first-order valence-electron chi connectivity index (χ1n) is 10.1. The molecule has 1 aromatic heterocycles. The molecule has 0 saturated heterocycles. The number of ether oxygens (including phenoxy) is 1. The van der Waals surface area contributed by atoms with Gasteiger partial charge in [-0.1, -0.05) is 26.0 Å². The summed E-state index contributed by atoms with van der Waals surface area (Å²) >= 11 is 0. The molecule has 0 bridgehead atoms. The van der Waals surface area contributed by atoms with Gasteiger partial charge in [-0.25, -0.2) is 12.8 Å². The summed E-state index contributed by atoms with van der Waals surface area (Å²) in [6, 6.07) is 9.86. The van der Waals surface area contributed by atoms with Crippen LogP contribution in [0.25, 0.3) is 10.9 Å². The minimum Gasteiger partial charge on any atom is -0.464 e. The topological polar surface area (TPSA) is 65.4 Å². The fourth-order valence-electron chi connectivity index (χ4n) is 4.81. The van der Waals surface area contributed by atoms with Gasteiger partial charge in [0.1, 0.15) is 12.4 Å². The van der Waals surface area contributed by atoms with Gasteiger partial charge in [-0.15, -0.1) is 0 Å². The molecule has 5 nitrogen and oxygen atoms in total. The van der Waals surface area contributed by atoms with Crippen molar-refractivity contribution in [2.24, 2.45) is 5.92 Å². The van der Waals surface area contributed by atoms with E-state index in [1.165, 1.54) is 12.1 Å². The lowest BCUT2D eigenvalue weighted by molar-refractivity contribution is -0.145. The van der Waals surface area contributed by atoms with Crippen molar-refractivity contribution >= 4 is 26.7 Å². The average Bonchev–Trinajstić information content (AvgIpc) is 3.13. The number of esters is 1. The number of sulfone groups is 1. The molecule has 1 unspecified atom stereocenters. The highest BCUT2D eigenvalue weighted by atomic mass is 32.2. The lowest BCUT2D eigenvalue weighted by Crippen LogP contribution is -2.22. The third-order valence-corrected chi connectivity index (χ3v) is 7.76. The van der Waals surface area contributed by atoms with E-state index >= 15 is 0 Å². The molecule has 1 atom stereocenters. The highest BCUT2D eigenvalue weighted by Crippen LogP contribution is 2.48. The Balaban J connectivity index is 1.70. The van der Waals surface area contributed by atoms with Gasteiger partial charge in [0.25, 0.3) is 0 Å². The molecule has 7 heteroatoms. The largest absolute Gasteiger partial charge is 0.464 e. The van der Waals surface area contributed by atoms with Crippen molar-refractivity contribution in [1.82, 2.24) is 4.57 Å². The van der Waals surface area contributed by atoms with Crippen molar-refractivity contribution in [3.8, 4) is 0 Å². The Morgan fingerprint density at radius 3 is 2.83 bits per heavy atom. The van der Waals surface area contributed by atoms with Gasteiger partial charge in [0.2, 0.25) is 0 Å². The molecule has 30 heavy (non-hydrogen) atoms. The lowest BCUT2D eigenvalue weighted by Gasteiger charge is -2.24. The molecular formula is C23H22FNO4S. The van der Waals surface area contributed by atoms with E-state index in [0.717, 1.165) is 33.3 Å². The van der Waals surface area contributed by atoms with E-state index in [2.05, 4.69) is 0 Å². The maximum absolute atomic E-state index is 14.1. The van der Waals surface area contributed by atoms with Crippen LogP contribution < -0.4 is 0 Å². The van der Waals surface area contributed by atoms with Crippen LogP contribution in [-0.4, -0.2) is 31.3 Å². The Morgan fingerprint density at radius 1 is 1.27 bits per heavy atom. The SMILES string of the molecule is CC(C)COC(=O)Cn1c2c(c3cc(F)ccc31)Cc1cccc3c1C2CS3(=O)=O. The van der Waals surface area contributed by atoms with E-state index in [-0.39, 0.29) is 35.9 Å². The molecule has 0 N–H and O–H groups in total. The highest BCUT2D eigenvalue weighted by molar-refractivity contribution is 7.91. The number of hydrogen-bond donors (Lipinski definition) is 0. The van der Waals surface area contributed by atoms with Crippen molar-refractivity contribution in [2.45, 2.75) is 37.6 Å². The summed E-state index contributed by atoms with van der Waals surface area (Å²) in [5.41, 5.74) is 4.19. The van der Waals surface area contributed by atoms with E-state index in [4.69, 9.17) is 4.74 Å². The molecule has 0 spiro atoms. The first-order chi connectivity index (χ1) is 14.3. The molecule has 0 saturated carbocycles. The summed E-state index contributed by atoms with van der Waals surface area (Å²) in [5, 5.41) is 0.724. The number of fused-ring (bicyclic) bond motifs is 4. The molecular weight excluding hydrogens is 405 g/mol. The number of halogens is 1. The fraction of sp³-hybridized carbons (Fsp3) is 0.348. The standard InChI is InChI=1S/C23H22FNO4S/c1-13(2)11-29-21(26)10-25-19-7-6-15(24)9-16(19)17-8-14-4-3-5-20-22(14)18(23(17)25)12-30(20,27)28/h3-7,9,13,18H,8,10-12H2,1-2H3. The van der Waals surface area contributed by atoms with E-state index < -0.39 is 9.84 Å². The Labute approximate surface area is 174 Å². The Bertz CT molecular complexity index is 1310. The molecule has 2 aliphatic rings. The van der Waals surface area contributed by atoms with Gasteiger partial charge in [0.05, 0.1) is 17.3 Å². The second-order valence-electron chi connectivity index (χ2n) is 8.53. The van der Waals surface area contributed by atoms with Gasteiger partial charge in [-0.05, 0) is 46.9 Å². The smallest absolute Gasteiger partial charge is 0.325 e. The molecule has 0 amide bonds. The van der Waals surface area contributed by atoms with Crippen molar-refractivity contribution in [1.29, 1.82) is 0 Å². The van der Waals surface area contributed by atoms with Gasteiger partial charge in [-0.2, -0.15) is 0 Å². The molecule has 3 aromatic rings. The van der Waals surface area contributed by atoms with E-state index in [0.29, 0.717) is 17.9 Å². The van der Waals surface area contributed by atoms with E-state index in [1.54, 1.807) is 18.2 Å². The van der Waals surface area contributed by atoms with Crippen molar-refractivity contribution < 1.29 is 22.3 Å². The van der Waals surface area contributed by atoms with Crippen molar-refractivity contribution in [2.75, 3.05) is 12.4 Å². The third kappa shape index (κ3) is 2.87. The molecule has 2 heterocycles. The van der Waals surface area contributed by atoms with Crippen LogP contribution in [0.3, 0.4) is 0 Å². The Kier molecular flexibility index (Phi) is 4.29. The first-order valence-corrected chi connectivity index (χ1v) is 11.7. The maximum atomic E-state index is 14.1. The summed E-state index contributed by atoms with van der Waals surface area (Å²) in [6.45, 7) is 4.22. The predicted molar refractivity (Wildman–Crippen MR) is 111 cm³/mol. The van der Waals surface area contributed by atoms with E-state index in [9.17, 15) is 17.6 Å². The molecule has 0 fully saturated rings. The van der Waals surface area contributed by atoms with Crippen LogP contribution in [0.5, 0.6) is 0 Å². The van der Waals surface area contributed by atoms with Crippen molar-refractivity contribution in [3.05, 3.63) is 64.6 Å². The van der Waals surface area contributed by atoms with Crippen LogP contribution in [0.2, 0.25) is 0 Å². The first kappa shape index (κ1) is 19.3. The van der Waals surface area contributed by atoms with Crippen LogP contribution in [0.4, 0.5) is 4.39 Å². The predicted octanol–water partition coefficient (Wildman–Crippen LogP) is 3.80. The monoisotopic (exact) mass is 427 g/mol. The molecule has 0 radical (unpaired) electrons. The second kappa shape index (κ2) is 6.67. The van der Waals surface area contributed by atoms with Gasteiger partial charge < -0.3 is 9.30 Å². The van der Waals surface area contributed by atoms with Crippen LogP contribution in [0.1, 0.15) is 42.1 Å². The van der Waals surface area contributed by atoms with Gasteiger partial charge in [-0.3, -0.25) is 4.79 Å². The lowest BCUT2D eigenvalue weighted by atomic mass is 9.82. The summed E-state index contributed by atoms with van der Waals surface area (Å²) in [4.78, 5) is 12.9. The number of benzene rings is 2. The van der Waals surface area contributed by atoms with Crippen molar-refractivity contribution in [3.63, 3.8) is 0 Å². The van der Waals surface area contributed by atoms with Gasteiger partial charge in [0.15, 0.2) is 9.84 Å². The summed E-state index contributed by atoms with van der Waals surface area (Å²) < 4.78 is 47.0. The number of carbonyl (C=O) groups is 1. The summed E-state index contributed by atoms with van der Waals surface area (Å²) in [7, 11) is -3.41. The van der Waals surface area contributed by atoms with Crippen LogP contribution in [0, 0.1) is 11.7 Å². The minimum absolute atomic E-state index is 0.0295. The van der Waals surface area contributed by atoms with Gasteiger partial charge in [0, 0.05) is 28.9 Å². The maximum Gasteiger partial charge on any atom is 0.325 e. The number of rotatable bonds is 4. The quantitative estimate of drug-likeness (QED) is 0.594. The molecule has 156 valence electrons. The molecule has 1 aliphatic heterocycles. The summed E-state index contributed by atoms with van der Waals surface area (Å²) in [6.07, 6.45) is 0.512. The van der Waals surface area contributed by atoms with Crippen LogP contribution in [0.15, 0.2) is 41.3 Å². The normalized spacial score (nSPS) is 18.5. The summed E-state index contributed by atoms with van der Waals surface area (Å²) in [5.74, 6) is -0.922. The molecule has 1 aliphatic carbocycles. The molecule has 2 aromatic carbocycles.